The van der Waals surface area contributed by atoms with E-state index in [1.54, 1.807) is 35.2 Å². The van der Waals surface area contributed by atoms with Crippen LogP contribution in [0.3, 0.4) is 0 Å². The molecule has 0 bridgehead atoms. The van der Waals surface area contributed by atoms with E-state index in [2.05, 4.69) is 5.32 Å². The Morgan fingerprint density at radius 2 is 1.49 bits per heavy atom. The van der Waals surface area contributed by atoms with Gasteiger partial charge in [0.2, 0.25) is 11.8 Å². The van der Waals surface area contributed by atoms with Gasteiger partial charge in [-0.15, -0.1) is 0 Å². The number of benzene rings is 4. The van der Waals surface area contributed by atoms with Crippen LogP contribution in [0.4, 0.5) is 5.69 Å². The molecule has 2 amide bonds. The SMILES string of the molecule is Cc1ccc(S(=O)(=O)N(CC(=O)N(Cc2cccc(C)c2)C(Cc2ccccc2)C(=O)NC2CCCCC2)c2cccc(Cl)c2)cc1. The van der Waals surface area contributed by atoms with Crippen molar-refractivity contribution >= 4 is 39.1 Å². The molecule has 5 rings (SSSR count). The van der Waals surface area contributed by atoms with Crippen LogP contribution in [0.5, 0.6) is 0 Å². The molecule has 1 saturated carbocycles. The van der Waals surface area contributed by atoms with Crippen molar-refractivity contribution in [2.24, 2.45) is 0 Å². The van der Waals surface area contributed by atoms with Gasteiger partial charge in [-0.2, -0.15) is 0 Å². The quantitative estimate of drug-likeness (QED) is 0.172. The van der Waals surface area contributed by atoms with Crippen molar-refractivity contribution < 1.29 is 18.0 Å². The summed E-state index contributed by atoms with van der Waals surface area (Å²) in [5.74, 6) is -0.737. The fourth-order valence-corrected chi connectivity index (χ4v) is 7.69. The van der Waals surface area contributed by atoms with E-state index in [1.165, 1.54) is 18.2 Å². The Balaban J connectivity index is 1.56. The first-order chi connectivity index (χ1) is 22.6. The van der Waals surface area contributed by atoms with E-state index in [0.717, 1.165) is 58.7 Å². The summed E-state index contributed by atoms with van der Waals surface area (Å²) in [6, 6.07) is 29.5. The Hall–Kier alpha value is -4.14. The van der Waals surface area contributed by atoms with Crippen molar-refractivity contribution in [3.8, 4) is 0 Å². The van der Waals surface area contributed by atoms with Gasteiger partial charge in [0.25, 0.3) is 10.0 Å². The Morgan fingerprint density at radius 3 is 2.17 bits per heavy atom. The summed E-state index contributed by atoms with van der Waals surface area (Å²) in [6.45, 7) is 3.46. The van der Waals surface area contributed by atoms with E-state index >= 15 is 0 Å². The van der Waals surface area contributed by atoms with Gasteiger partial charge in [0.15, 0.2) is 0 Å². The number of nitrogens with zero attached hydrogens (tertiary/aromatic N) is 2. The van der Waals surface area contributed by atoms with Gasteiger partial charge in [-0.3, -0.25) is 13.9 Å². The molecule has 0 heterocycles. The largest absolute Gasteiger partial charge is 0.352 e. The highest BCUT2D eigenvalue weighted by atomic mass is 35.5. The molecular weight excluding hydrogens is 630 g/mol. The van der Waals surface area contributed by atoms with E-state index < -0.39 is 28.5 Å². The molecule has 0 spiro atoms. The van der Waals surface area contributed by atoms with Gasteiger partial charge in [0.05, 0.1) is 10.6 Å². The minimum absolute atomic E-state index is 0.0373. The zero-order chi connectivity index (χ0) is 33.4. The van der Waals surface area contributed by atoms with Crippen LogP contribution in [-0.4, -0.2) is 43.8 Å². The van der Waals surface area contributed by atoms with Crippen LogP contribution in [-0.2, 0) is 32.6 Å². The van der Waals surface area contributed by atoms with E-state index in [-0.39, 0.29) is 35.5 Å². The van der Waals surface area contributed by atoms with Crippen LogP contribution in [0, 0.1) is 13.8 Å². The number of nitrogens with one attached hydrogen (secondary N) is 1. The number of amides is 2. The van der Waals surface area contributed by atoms with Crippen LogP contribution in [0.25, 0.3) is 0 Å². The summed E-state index contributed by atoms with van der Waals surface area (Å²) >= 11 is 6.33. The second-order valence-corrected chi connectivity index (χ2v) is 14.7. The molecule has 1 fully saturated rings. The van der Waals surface area contributed by atoms with Gasteiger partial charge in [0, 0.05) is 24.0 Å². The maximum Gasteiger partial charge on any atom is 0.264 e. The molecule has 1 aliphatic carbocycles. The molecule has 1 unspecified atom stereocenters. The number of hydrogen-bond acceptors (Lipinski definition) is 4. The molecule has 1 aliphatic rings. The fraction of sp³-hybridized carbons (Fsp3) is 0.316. The molecule has 246 valence electrons. The highest BCUT2D eigenvalue weighted by Crippen LogP contribution is 2.28. The summed E-state index contributed by atoms with van der Waals surface area (Å²) < 4.78 is 29.5. The predicted molar refractivity (Wildman–Crippen MR) is 188 cm³/mol. The van der Waals surface area contributed by atoms with Crippen molar-refractivity contribution in [1.82, 2.24) is 10.2 Å². The van der Waals surface area contributed by atoms with Crippen molar-refractivity contribution in [3.05, 3.63) is 130 Å². The van der Waals surface area contributed by atoms with Gasteiger partial charge in [-0.25, -0.2) is 8.42 Å². The average Bonchev–Trinajstić information content (AvgIpc) is 3.06. The number of rotatable bonds is 12. The molecule has 9 heteroatoms. The summed E-state index contributed by atoms with van der Waals surface area (Å²) in [7, 11) is -4.20. The summed E-state index contributed by atoms with van der Waals surface area (Å²) in [5, 5.41) is 3.58. The van der Waals surface area contributed by atoms with Gasteiger partial charge in [-0.05, 0) is 68.1 Å². The fourth-order valence-electron chi connectivity index (χ4n) is 6.10. The first-order valence-corrected chi connectivity index (χ1v) is 18.0. The molecule has 0 saturated heterocycles. The van der Waals surface area contributed by atoms with Gasteiger partial charge >= 0.3 is 0 Å². The van der Waals surface area contributed by atoms with Crippen LogP contribution >= 0.6 is 11.6 Å². The lowest BCUT2D eigenvalue weighted by atomic mass is 9.94. The number of carbonyl (C=O) groups excluding carboxylic acids is 2. The minimum Gasteiger partial charge on any atom is -0.352 e. The first kappa shape index (κ1) is 34.2. The Labute approximate surface area is 283 Å². The van der Waals surface area contributed by atoms with Crippen LogP contribution < -0.4 is 9.62 Å². The van der Waals surface area contributed by atoms with Crippen molar-refractivity contribution in [2.45, 2.75) is 75.9 Å². The lowest BCUT2D eigenvalue weighted by Crippen LogP contribution is -2.55. The second-order valence-electron chi connectivity index (χ2n) is 12.4. The number of carbonyl (C=O) groups is 2. The zero-order valence-corrected chi connectivity index (χ0v) is 28.5. The molecule has 47 heavy (non-hydrogen) atoms. The van der Waals surface area contributed by atoms with Gasteiger partial charge in [0.1, 0.15) is 12.6 Å². The molecule has 0 aliphatic heterocycles. The molecule has 4 aromatic carbocycles. The third-order valence-corrected chi connectivity index (χ3v) is 10.7. The van der Waals surface area contributed by atoms with Crippen molar-refractivity contribution in [2.75, 3.05) is 10.8 Å². The van der Waals surface area contributed by atoms with E-state index in [1.807, 2.05) is 68.4 Å². The third-order valence-electron chi connectivity index (χ3n) is 8.64. The lowest BCUT2D eigenvalue weighted by molar-refractivity contribution is -0.140. The highest BCUT2D eigenvalue weighted by molar-refractivity contribution is 7.92. The van der Waals surface area contributed by atoms with Crippen molar-refractivity contribution in [3.63, 3.8) is 0 Å². The number of anilines is 1. The molecular formula is C38H42ClN3O4S. The molecule has 7 nitrogen and oxygen atoms in total. The Kier molecular flexibility index (Phi) is 11.4. The second kappa shape index (κ2) is 15.6. The maximum absolute atomic E-state index is 14.7. The van der Waals surface area contributed by atoms with Gasteiger partial charge in [-0.1, -0.05) is 115 Å². The molecule has 0 aromatic heterocycles. The van der Waals surface area contributed by atoms with E-state index in [4.69, 9.17) is 11.6 Å². The minimum atomic E-state index is -4.20. The number of sulfonamides is 1. The predicted octanol–water partition coefficient (Wildman–Crippen LogP) is 7.24. The lowest BCUT2D eigenvalue weighted by Gasteiger charge is -2.35. The number of halogens is 1. The molecule has 1 N–H and O–H groups in total. The molecule has 4 aromatic rings. The summed E-state index contributed by atoms with van der Waals surface area (Å²) in [4.78, 5) is 30.5. The molecule has 0 radical (unpaired) electrons. The average molecular weight is 672 g/mol. The van der Waals surface area contributed by atoms with E-state index in [9.17, 15) is 18.0 Å². The highest BCUT2D eigenvalue weighted by Gasteiger charge is 2.35. The first-order valence-electron chi connectivity index (χ1n) is 16.1. The Morgan fingerprint density at radius 1 is 0.809 bits per heavy atom. The summed E-state index contributed by atoms with van der Waals surface area (Å²) in [6.07, 6.45) is 5.31. The van der Waals surface area contributed by atoms with Crippen LogP contribution in [0.15, 0.2) is 108 Å². The number of aryl methyl sites for hydroxylation is 2. The summed E-state index contributed by atoms with van der Waals surface area (Å²) in [5.41, 5.74) is 3.93. The van der Waals surface area contributed by atoms with Gasteiger partial charge < -0.3 is 10.2 Å². The normalized spacial score (nSPS) is 14.3. The number of hydrogen-bond donors (Lipinski definition) is 1. The standard InChI is InChI=1S/C38H42ClN3O4S/c1-28-19-21-35(22-20-28)47(45,46)42(34-18-10-15-32(39)25-34)27-37(43)41(26-31-14-9-11-29(2)23-31)36(24-30-12-5-3-6-13-30)38(44)40-33-16-7-4-8-17-33/h3,5-6,9-15,18-23,25,33,36H,4,7-8,16-17,24,26-27H2,1-2H3,(H,40,44). The van der Waals surface area contributed by atoms with Crippen LogP contribution in [0.1, 0.15) is 54.4 Å². The monoisotopic (exact) mass is 671 g/mol. The zero-order valence-electron chi connectivity index (χ0n) is 26.9. The third kappa shape index (κ3) is 9.02. The topological polar surface area (TPSA) is 86.8 Å². The Bertz CT molecular complexity index is 1770. The maximum atomic E-state index is 14.7. The molecule has 1 atom stereocenters. The van der Waals surface area contributed by atoms with Crippen molar-refractivity contribution in [1.29, 1.82) is 0 Å². The van der Waals surface area contributed by atoms with Crippen LogP contribution in [0.2, 0.25) is 5.02 Å². The van der Waals surface area contributed by atoms with E-state index in [0.29, 0.717) is 5.02 Å². The smallest absolute Gasteiger partial charge is 0.264 e.